The fourth-order valence-electron chi connectivity index (χ4n) is 1.52. The lowest BCUT2D eigenvalue weighted by molar-refractivity contribution is 0.162. The topological polar surface area (TPSA) is 35.5 Å². The molecule has 0 fully saturated rings. The van der Waals surface area contributed by atoms with Crippen LogP contribution in [0, 0.1) is 0 Å². The maximum Gasteiger partial charge on any atom is 0.189 e. The zero-order valence-electron chi connectivity index (χ0n) is 12.6. The summed E-state index contributed by atoms with van der Waals surface area (Å²) in [5.74, 6) is 0.724. The molecule has 0 saturated carbocycles. The molecule has 4 heteroatoms. The zero-order valence-corrected chi connectivity index (χ0v) is 13.4. The molecule has 0 aliphatic carbocycles. The van der Waals surface area contributed by atoms with Crippen LogP contribution >= 0.6 is 0 Å². The molecule has 0 N–H and O–H groups in total. The van der Waals surface area contributed by atoms with Gasteiger partial charge in [0.1, 0.15) is 11.4 Å². The summed E-state index contributed by atoms with van der Waals surface area (Å²) < 4.78 is 22.9. The minimum atomic E-state index is -1.40. The molecule has 1 rings (SSSR count). The first-order valence-electron chi connectivity index (χ1n) is 6.96. The highest BCUT2D eigenvalue weighted by molar-refractivity contribution is 7.80. The number of hydrogen-bond acceptors (Lipinski definition) is 3. The second kappa shape index (κ2) is 8.22. The summed E-state index contributed by atoms with van der Waals surface area (Å²) >= 11 is -1.40. The van der Waals surface area contributed by atoms with Crippen molar-refractivity contribution < 1.29 is 13.1 Å². The molecule has 20 heavy (non-hydrogen) atoms. The molecule has 3 nitrogen and oxygen atoms in total. The standard InChI is InChI=1S/C16H24O3S/c1-5-7-8-13-18-20(17)15-11-9-14(10-12-15)19-16(3,4)6-2/h6,9-12H,2,5,7-8,13H2,1,3-4H3. The van der Waals surface area contributed by atoms with Gasteiger partial charge < -0.3 is 4.74 Å². The molecule has 0 radical (unpaired) electrons. The molecule has 0 amide bonds. The second-order valence-electron chi connectivity index (χ2n) is 5.14. The highest BCUT2D eigenvalue weighted by Crippen LogP contribution is 2.21. The van der Waals surface area contributed by atoms with E-state index < -0.39 is 16.7 Å². The van der Waals surface area contributed by atoms with Crippen LogP contribution < -0.4 is 4.74 Å². The van der Waals surface area contributed by atoms with E-state index in [2.05, 4.69) is 13.5 Å². The first kappa shape index (κ1) is 16.9. The van der Waals surface area contributed by atoms with Crippen LogP contribution in [0.15, 0.2) is 41.8 Å². The van der Waals surface area contributed by atoms with Gasteiger partial charge in [-0.25, -0.2) is 4.21 Å². The summed E-state index contributed by atoms with van der Waals surface area (Å²) in [5.41, 5.74) is -0.419. The Kier molecular flexibility index (Phi) is 6.96. The van der Waals surface area contributed by atoms with Gasteiger partial charge in [-0.2, -0.15) is 0 Å². The molecule has 0 saturated heterocycles. The van der Waals surface area contributed by atoms with E-state index in [1.807, 2.05) is 13.8 Å². The summed E-state index contributed by atoms with van der Waals surface area (Å²) in [6, 6.07) is 7.14. The van der Waals surface area contributed by atoms with E-state index in [1.165, 1.54) is 0 Å². The van der Waals surface area contributed by atoms with Crippen LogP contribution in [-0.4, -0.2) is 16.4 Å². The van der Waals surface area contributed by atoms with Gasteiger partial charge in [-0.1, -0.05) is 26.3 Å². The van der Waals surface area contributed by atoms with Crippen molar-refractivity contribution in [1.29, 1.82) is 0 Å². The highest BCUT2D eigenvalue weighted by atomic mass is 32.2. The Morgan fingerprint density at radius 2 is 1.90 bits per heavy atom. The number of unbranched alkanes of at least 4 members (excludes halogenated alkanes) is 2. The number of hydrogen-bond donors (Lipinski definition) is 0. The van der Waals surface area contributed by atoms with E-state index in [9.17, 15) is 4.21 Å². The van der Waals surface area contributed by atoms with Gasteiger partial charge in [0.25, 0.3) is 0 Å². The van der Waals surface area contributed by atoms with Crippen LogP contribution in [0.3, 0.4) is 0 Å². The van der Waals surface area contributed by atoms with Crippen molar-refractivity contribution in [2.75, 3.05) is 6.61 Å². The molecular formula is C16H24O3S. The number of benzene rings is 1. The molecule has 0 spiro atoms. The lowest BCUT2D eigenvalue weighted by Gasteiger charge is -2.22. The predicted octanol–water partition coefficient (Wildman–Crippen LogP) is 4.26. The molecule has 1 aromatic rings. The SMILES string of the molecule is C=CC(C)(C)Oc1ccc(S(=O)OCCCCC)cc1. The molecular weight excluding hydrogens is 272 g/mol. The Hall–Kier alpha value is -1.13. The Morgan fingerprint density at radius 3 is 2.45 bits per heavy atom. The van der Waals surface area contributed by atoms with Crippen LogP contribution in [0.2, 0.25) is 0 Å². The monoisotopic (exact) mass is 296 g/mol. The van der Waals surface area contributed by atoms with Crippen LogP contribution in [-0.2, 0) is 15.3 Å². The summed E-state index contributed by atoms with van der Waals surface area (Å²) in [7, 11) is 0. The minimum Gasteiger partial charge on any atom is -0.484 e. The average Bonchev–Trinajstić information content (AvgIpc) is 2.44. The smallest absolute Gasteiger partial charge is 0.189 e. The van der Waals surface area contributed by atoms with Gasteiger partial charge in [0, 0.05) is 0 Å². The molecule has 1 atom stereocenters. The molecule has 0 heterocycles. The van der Waals surface area contributed by atoms with Crippen molar-refractivity contribution in [1.82, 2.24) is 0 Å². The largest absolute Gasteiger partial charge is 0.484 e. The highest BCUT2D eigenvalue weighted by Gasteiger charge is 2.14. The lowest BCUT2D eigenvalue weighted by Crippen LogP contribution is -2.24. The molecule has 1 unspecified atom stereocenters. The van der Waals surface area contributed by atoms with Gasteiger partial charge in [-0.05, 0) is 50.6 Å². The first-order valence-corrected chi connectivity index (χ1v) is 8.03. The maximum absolute atomic E-state index is 11.9. The lowest BCUT2D eigenvalue weighted by atomic mass is 10.1. The van der Waals surface area contributed by atoms with E-state index >= 15 is 0 Å². The summed E-state index contributed by atoms with van der Waals surface area (Å²) in [5, 5.41) is 0. The van der Waals surface area contributed by atoms with Gasteiger partial charge in [-0.15, -0.1) is 0 Å². The van der Waals surface area contributed by atoms with E-state index in [1.54, 1.807) is 30.3 Å². The van der Waals surface area contributed by atoms with Crippen LogP contribution in [0.1, 0.15) is 40.0 Å². The Morgan fingerprint density at radius 1 is 1.25 bits per heavy atom. The first-order chi connectivity index (χ1) is 9.48. The van der Waals surface area contributed by atoms with Gasteiger partial charge in [-0.3, -0.25) is 4.18 Å². The van der Waals surface area contributed by atoms with E-state index in [0.29, 0.717) is 11.5 Å². The van der Waals surface area contributed by atoms with Gasteiger partial charge >= 0.3 is 0 Å². The van der Waals surface area contributed by atoms with Gasteiger partial charge in [0.2, 0.25) is 0 Å². The average molecular weight is 296 g/mol. The van der Waals surface area contributed by atoms with Crippen molar-refractivity contribution in [3.05, 3.63) is 36.9 Å². The van der Waals surface area contributed by atoms with Crippen molar-refractivity contribution >= 4 is 11.1 Å². The summed E-state index contributed by atoms with van der Waals surface area (Å²) in [6.45, 7) is 10.3. The maximum atomic E-state index is 11.9. The van der Waals surface area contributed by atoms with Crippen molar-refractivity contribution in [3.8, 4) is 5.75 Å². The van der Waals surface area contributed by atoms with Crippen LogP contribution in [0.5, 0.6) is 5.75 Å². The molecule has 0 aliphatic rings. The third kappa shape index (κ3) is 5.88. The van der Waals surface area contributed by atoms with Gasteiger partial charge in [0.05, 0.1) is 11.5 Å². The normalized spacial score (nSPS) is 12.9. The quantitative estimate of drug-likeness (QED) is 0.504. The van der Waals surface area contributed by atoms with E-state index in [-0.39, 0.29) is 0 Å². The number of ether oxygens (including phenoxy) is 1. The van der Waals surface area contributed by atoms with Crippen molar-refractivity contribution in [3.63, 3.8) is 0 Å². The summed E-state index contributed by atoms with van der Waals surface area (Å²) in [4.78, 5) is 0.658. The molecule has 0 aromatic heterocycles. The third-order valence-electron chi connectivity index (χ3n) is 2.83. The zero-order chi connectivity index (χ0) is 15.0. The van der Waals surface area contributed by atoms with E-state index in [4.69, 9.17) is 8.92 Å². The Labute approximate surface area is 124 Å². The predicted molar refractivity (Wildman–Crippen MR) is 83.2 cm³/mol. The fourth-order valence-corrected chi connectivity index (χ4v) is 2.28. The fraction of sp³-hybridized carbons (Fsp3) is 0.500. The van der Waals surface area contributed by atoms with Crippen LogP contribution in [0.25, 0.3) is 0 Å². The van der Waals surface area contributed by atoms with Crippen molar-refractivity contribution in [2.24, 2.45) is 0 Å². The molecule has 1 aromatic carbocycles. The minimum absolute atomic E-state index is 0.419. The molecule has 0 bridgehead atoms. The van der Waals surface area contributed by atoms with E-state index in [0.717, 1.165) is 25.0 Å². The van der Waals surface area contributed by atoms with Gasteiger partial charge in [0.15, 0.2) is 11.1 Å². The van der Waals surface area contributed by atoms with Crippen molar-refractivity contribution in [2.45, 2.75) is 50.5 Å². The Bertz CT molecular complexity index is 438. The second-order valence-corrected chi connectivity index (χ2v) is 6.32. The summed E-state index contributed by atoms with van der Waals surface area (Å²) in [6.07, 6.45) is 4.91. The molecule has 112 valence electrons. The number of rotatable bonds is 9. The molecule has 0 aliphatic heterocycles. The Balaban J connectivity index is 2.53. The van der Waals surface area contributed by atoms with Crippen LogP contribution in [0.4, 0.5) is 0 Å². The third-order valence-corrected chi connectivity index (χ3v) is 3.86.